The highest BCUT2D eigenvalue weighted by atomic mass is 19.1. The Morgan fingerprint density at radius 3 is 2.71 bits per heavy atom. The molecule has 0 unspecified atom stereocenters. The van der Waals surface area contributed by atoms with Crippen molar-refractivity contribution in [1.29, 1.82) is 0 Å². The molecule has 5 aromatic rings. The summed E-state index contributed by atoms with van der Waals surface area (Å²) < 4.78 is 20.9. The van der Waals surface area contributed by atoms with Crippen LogP contribution in [-0.4, -0.2) is 24.7 Å². The molecular formula is C20H14FN5O2. The Morgan fingerprint density at radius 2 is 1.96 bits per heavy atom. The number of benzene rings is 1. The van der Waals surface area contributed by atoms with Gasteiger partial charge in [0.25, 0.3) is 0 Å². The summed E-state index contributed by atoms with van der Waals surface area (Å²) in [5.41, 5.74) is 3.60. The second-order valence-electron chi connectivity index (χ2n) is 6.52. The van der Waals surface area contributed by atoms with Crippen molar-refractivity contribution < 1.29 is 8.91 Å². The first-order valence-electron chi connectivity index (χ1n) is 8.62. The van der Waals surface area contributed by atoms with Crippen LogP contribution in [0.15, 0.2) is 52.0 Å². The molecule has 0 fully saturated rings. The average molecular weight is 375 g/mol. The summed E-state index contributed by atoms with van der Waals surface area (Å²) in [4.78, 5) is 24.2. The standard InChI is InChI=1S/C20H14FN5O2/c1-10-18(11(2)28-25-10)15-7-14-12(8-22-15)19-16(9-23-14)24-20(27)26(19)17-6-4-3-5-13(17)21/h3-9H,1-2H3,(H,24,27). The number of nitrogens with one attached hydrogen (secondary N) is 1. The van der Waals surface area contributed by atoms with Crippen LogP contribution in [0.1, 0.15) is 11.5 Å². The Bertz CT molecular complexity index is 1410. The zero-order chi connectivity index (χ0) is 19.4. The molecule has 1 N–H and O–H groups in total. The van der Waals surface area contributed by atoms with Gasteiger partial charge < -0.3 is 9.51 Å². The number of fused-ring (bicyclic) bond motifs is 3. The lowest BCUT2D eigenvalue weighted by molar-refractivity contribution is 0.393. The van der Waals surface area contributed by atoms with E-state index in [-0.39, 0.29) is 5.69 Å². The lowest BCUT2D eigenvalue weighted by Crippen LogP contribution is -2.15. The van der Waals surface area contributed by atoms with Crippen LogP contribution in [0.2, 0.25) is 0 Å². The number of aromatic amines is 1. The molecule has 0 spiro atoms. The molecule has 4 heterocycles. The Kier molecular flexibility index (Phi) is 3.42. The predicted molar refractivity (Wildman–Crippen MR) is 102 cm³/mol. The number of H-pyrrole nitrogens is 1. The molecule has 0 atom stereocenters. The first-order chi connectivity index (χ1) is 13.5. The molecule has 138 valence electrons. The van der Waals surface area contributed by atoms with Gasteiger partial charge >= 0.3 is 5.69 Å². The molecule has 28 heavy (non-hydrogen) atoms. The van der Waals surface area contributed by atoms with Gasteiger partial charge in [-0.3, -0.25) is 14.5 Å². The molecule has 0 saturated heterocycles. The maximum Gasteiger partial charge on any atom is 0.331 e. The maximum atomic E-state index is 14.4. The van der Waals surface area contributed by atoms with E-state index >= 15 is 0 Å². The minimum Gasteiger partial charge on any atom is -0.361 e. The van der Waals surface area contributed by atoms with Gasteiger partial charge in [0.15, 0.2) is 0 Å². The fourth-order valence-corrected chi connectivity index (χ4v) is 3.53. The van der Waals surface area contributed by atoms with E-state index in [1.54, 1.807) is 30.6 Å². The van der Waals surface area contributed by atoms with Gasteiger partial charge in [-0.2, -0.15) is 0 Å². The third kappa shape index (κ3) is 2.27. The van der Waals surface area contributed by atoms with Crippen molar-refractivity contribution >= 4 is 21.9 Å². The van der Waals surface area contributed by atoms with Gasteiger partial charge in [0, 0.05) is 11.6 Å². The number of hydrogen-bond donors (Lipinski definition) is 1. The van der Waals surface area contributed by atoms with Crippen molar-refractivity contribution in [3.05, 3.63) is 70.5 Å². The van der Waals surface area contributed by atoms with E-state index in [0.717, 1.165) is 11.3 Å². The number of imidazole rings is 1. The molecule has 1 aromatic carbocycles. The number of aryl methyl sites for hydroxylation is 2. The quantitative estimate of drug-likeness (QED) is 0.508. The second-order valence-corrected chi connectivity index (χ2v) is 6.52. The SMILES string of the molecule is Cc1noc(C)c1-c1cc2ncc3[nH]c(=O)n(-c4ccccc4F)c3c2cn1. The highest BCUT2D eigenvalue weighted by Gasteiger charge is 2.18. The van der Waals surface area contributed by atoms with Gasteiger partial charge in [0.2, 0.25) is 0 Å². The Labute approximate surface area is 157 Å². The van der Waals surface area contributed by atoms with Crippen molar-refractivity contribution in [3.63, 3.8) is 0 Å². The van der Waals surface area contributed by atoms with Crippen molar-refractivity contribution in [2.75, 3.05) is 0 Å². The number of aromatic nitrogens is 5. The van der Waals surface area contributed by atoms with Gasteiger partial charge in [0.1, 0.15) is 11.6 Å². The van der Waals surface area contributed by atoms with Crippen molar-refractivity contribution in [3.8, 4) is 16.9 Å². The van der Waals surface area contributed by atoms with Crippen LogP contribution in [0.4, 0.5) is 4.39 Å². The number of hydrogen-bond acceptors (Lipinski definition) is 5. The van der Waals surface area contributed by atoms with Crippen LogP contribution >= 0.6 is 0 Å². The molecule has 0 aliphatic heterocycles. The zero-order valence-corrected chi connectivity index (χ0v) is 15.0. The zero-order valence-electron chi connectivity index (χ0n) is 15.0. The maximum absolute atomic E-state index is 14.4. The predicted octanol–water partition coefficient (Wildman–Crippen LogP) is 3.67. The first kappa shape index (κ1) is 16.4. The molecule has 7 nitrogen and oxygen atoms in total. The van der Waals surface area contributed by atoms with E-state index in [4.69, 9.17) is 4.52 Å². The molecule has 0 radical (unpaired) electrons. The van der Waals surface area contributed by atoms with Crippen molar-refractivity contribution in [2.45, 2.75) is 13.8 Å². The summed E-state index contributed by atoms with van der Waals surface area (Å²) in [6.07, 6.45) is 3.20. The number of para-hydroxylation sites is 1. The Balaban J connectivity index is 1.83. The van der Waals surface area contributed by atoms with E-state index in [1.165, 1.54) is 10.6 Å². The third-order valence-corrected chi connectivity index (χ3v) is 4.78. The molecule has 8 heteroatoms. The number of nitrogens with zero attached hydrogens (tertiary/aromatic N) is 4. The summed E-state index contributed by atoms with van der Waals surface area (Å²) in [6, 6.07) is 7.95. The molecule has 5 rings (SSSR count). The van der Waals surface area contributed by atoms with Crippen LogP contribution < -0.4 is 5.69 Å². The largest absolute Gasteiger partial charge is 0.361 e. The Morgan fingerprint density at radius 1 is 1.14 bits per heavy atom. The summed E-state index contributed by atoms with van der Waals surface area (Å²) in [6.45, 7) is 3.66. The highest BCUT2D eigenvalue weighted by Crippen LogP contribution is 2.30. The minimum atomic E-state index is -0.490. The normalized spacial score (nSPS) is 11.5. The topological polar surface area (TPSA) is 89.6 Å². The van der Waals surface area contributed by atoms with Crippen LogP contribution in [0, 0.1) is 19.7 Å². The summed E-state index contributed by atoms with van der Waals surface area (Å²) in [5, 5.41) is 4.60. The summed E-state index contributed by atoms with van der Waals surface area (Å²) in [5.74, 6) is 0.172. The van der Waals surface area contributed by atoms with Crippen LogP contribution in [0.25, 0.3) is 38.9 Å². The van der Waals surface area contributed by atoms with Gasteiger partial charge in [-0.1, -0.05) is 17.3 Å². The van der Waals surface area contributed by atoms with E-state index < -0.39 is 11.5 Å². The lowest BCUT2D eigenvalue weighted by Gasteiger charge is -2.07. The fraction of sp³-hybridized carbons (Fsp3) is 0.100. The first-order valence-corrected chi connectivity index (χ1v) is 8.62. The van der Waals surface area contributed by atoms with Gasteiger partial charge in [-0.05, 0) is 32.0 Å². The molecule has 0 saturated carbocycles. The number of halogens is 1. The van der Waals surface area contributed by atoms with Crippen LogP contribution in [0.3, 0.4) is 0 Å². The van der Waals surface area contributed by atoms with E-state index in [1.807, 2.05) is 19.9 Å². The minimum absolute atomic E-state index is 0.168. The molecule has 0 bridgehead atoms. The number of pyridine rings is 2. The monoisotopic (exact) mass is 375 g/mol. The Hall–Kier alpha value is -3.81. The third-order valence-electron chi connectivity index (χ3n) is 4.78. The molecular weight excluding hydrogens is 361 g/mol. The molecule has 0 amide bonds. The molecule has 0 aliphatic carbocycles. The molecule has 4 aromatic heterocycles. The van der Waals surface area contributed by atoms with E-state index in [0.29, 0.717) is 33.4 Å². The van der Waals surface area contributed by atoms with Crippen molar-refractivity contribution in [1.82, 2.24) is 24.7 Å². The molecule has 0 aliphatic rings. The van der Waals surface area contributed by atoms with Crippen LogP contribution in [0.5, 0.6) is 0 Å². The second kappa shape index (κ2) is 5.85. The number of rotatable bonds is 2. The van der Waals surface area contributed by atoms with Gasteiger partial charge in [-0.25, -0.2) is 9.18 Å². The average Bonchev–Trinajstić information content (AvgIpc) is 3.20. The van der Waals surface area contributed by atoms with E-state index in [9.17, 15) is 9.18 Å². The summed E-state index contributed by atoms with van der Waals surface area (Å²) >= 11 is 0. The smallest absolute Gasteiger partial charge is 0.331 e. The van der Waals surface area contributed by atoms with Crippen molar-refractivity contribution in [2.24, 2.45) is 0 Å². The summed E-state index contributed by atoms with van der Waals surface area (Å²) in [7, 11) is 0. The van der Waals surface area contributed by atoms with Gasteiger partial charge in [-0.15, -0.1) is 0 Å². The highest BCUT2D eigenvalue weighted by molar-refractivity contribution is 6.03. The fourth-order valence-electron chi connectivity index (χ4n) is 3.53. The van der Waals surface area contributed by atoms with Gasteiger partial charge in [0.05, 0.1) is 45.4 Å². The lowest BCUT2D eigenvalue weighted by atomic mass is 10.1. The van der Waals surface area contributed by atoms with E-state index in [2.05, 4.69) is 20.1 Å². The van der Waals surface area contributed by atoms with Crippen LogP contribution in [-0.2, 0) is 0 Å².